The van der Waals surface area contributed by atoms with Gasteiger partial charge in [-0.2, -0.15) is 0 Å². The first kappa shape index (κ1) is 11.3. The van der Waals surface area contributed by atoms with E-state index in [1.807, 2.05) is 0 Å². The third-order valence-corrected chi connectivity index (χ3v) is 3.51. The highest BCUT2D eigenvalue weighted by Gasteiger charge is 2.39. The molecule has 0 amide bonds. The van der Waals surface area contributed by atoms with Gasteiger partial charge in [0.15, 0.2) is 0 Å². The molecule has 5 heteroatoms. The number of hydrogen-bond acceptors (Lipinski definition) is 5. The molecule has 3 atom stereocenters. The van der Waals surface area contributed by atoms with Crippen molar-refractivity contribution in [3.8, 4) is 0 Å². The van der Waals surface area contributed by atoms with Crippen LogP contribution < -0.4 is 5.73 Å². The number of hydrogen-bond donors (Lipinski definition) is 3. The molecule has 0 bridgehead atoms. The van der Waals surface area contributed by atoms with E-state index in [2.05, 4.69) is 4.90 Å². The molecule has 5 nitrogen and oxygen atoms in total. The average Bonchev–Trinajstić information content (AvgIpc) is 2.77. The lowest BCUT2D eigenvalue weighted by Gasteiger charge is -2.30. The molecule has 0 saturated carbocycles. The summed E-state index contributed by atoms with van der Waals surface area (Å²) in [4.78, 5) is 2.08. The van der Waals surface area contributed by atoms with Gasteiger partial charge in [-0.1, -0.05) is 0 Å². The van der Waals surface area contributed by atoms with Crippen molar-refractivity contribution in [3.63, 3.8) is 0 Å². The first-order valence-electron chi connectivity index (χ1n) is 5.51. The zero-order chi connectivity index (χ0) is 10.9. The SMILES string of the molecule is NCC1(CN2CC(O)C(O)C2)CCOC1. The zero-order valence-electron chi connectivity index (χ0n) is 8.93. The van der Waals surface area contributed by atoms with E-state index < -0.39 is 12.2 Å². The Kier molecular flexibility index (Phi) is 3.27. The second-order valence-corrected chi connectivity index (χ2v) is 4.84. The van der Waals surface area contributed by atoms with Crippen LogP contribution in [0.25, 0.3) is 0 Å². The van der Waals surface area contributed by atoms with Crippen LogP contribution in [0.15, 0.2) is 0 Å². The van der Waals surface area contributed by atoms with Gasteiger partial charge >= 0.3 is 0 Å². The van der Waals surface area contributed by atoms with E-state index in [1.165, 1.54) is 0 Å². The fraction of sp³-hybridized carbons (Fsp3) is 1.00. The van der Waals surface area contributed by atoms with Gasteiger partial charge in [0.25, 0.3) is 0 Å². The summed E-state index contributed by atoms with van der Waals surface area (Å²) in [5, 5.41) is 18.9. The van der Waals surface area contributed by atoms with E-state index in [4.69, 9.17) is 10.5 Å². The topological polar surface area (TPSA) is 79.0 Å². The standard InChI is InChI=1S/C10H20N2O3/c11-5-10(1-2-15-7-10)6-12-3-8(13)9(14)4-12/h8-9,13-14H,1-7,11H2. The summed E-state index contributed by atoms with van der Waals surface area (Å²) in [6, 6.07) is 0. The molecule has 0 radical (unpaired) electrons. The van der Waals surface area contributed by atoms with Crippen molar-refractivity contribution in [2.75, 3.05) is 39.4 Å². The molecule has 2 saturated heterocycles. The van der Waals surface area contributed by atoms with Gasteiger partial charge in [0.2, 0.25) is 0 Å². The highest BCUT2D eigenvalue weighted by Crippen LogP contribution is 2.29. The van der Waals surface area contributed by atoms with Gasteiger partial charge in [0, 0.05) is 38.2 Å². The minimum Gasteiger partial charge on any atom is -0.389 e. The summed E-state index contributed by atoms with van der Waals surface area (Å²) in [5.41, 5.74) is 5.82. The van der Waals surface area contributed by atoms with Crippen molar-refractivity contribution in [3.05, 3.63) is 0 Å². The third kappa shape index (κ3) is 2.32. The summed E-state index contributed by atoms with van der Waals surface area (Å²) in [5.74, 6) is 0. The number of aliphatic hydroxyl groups excluding tert-OH is 2. The number of aliphatic hydroxyl groups is 2. The molecule has 2 fully saturated rings. The van der Waals surface area contributed by atoms with Gasteiger partial charge in [-0.3, -0.25) is 4.90 Å². The predicted octanol–water partition coefficient (Wildman–Crippen LogP) is -1.61. The Bertz CT molecular complexity index is 209. The first-order valence-corrected chi connectivity index (χ1v) is 5.51. The van der Waals surface area contributed by atoms with Crippen molar-refractivity contribution in [1.82, 2.24) is 4.90 Å². The van der Waals surface area contributed by atoms with E-state index >= 15 is 0 Å². The van der Waals surface area contributed by atoms with Crippen LogP contribution in [0.3, 0.4) is 0 Å². The van der Waals surface area contributed by atoms with Gasteiger partial charge < -0.3 is 20.7 Å². The molecule has 0 spiro atoms. The summed E-state index contributed by atoms with van der Waals surface area (Å²) in [6.07, 6.45) is -0.240. The van der Waals surface area contributed by atoms with Crippen LogP contribution in [-0.2, 0) is 4.74 Å². The molecule has 2 aliphatic rings. The van der Waals surface area contributed by atoms with Crippen LogP contribution in [0.2, 0.25) is 0 Å². The second kappa shape index (κ2) is 4.35. The Hall–Kier alpha value is -0.200. The maximum absolute atomic E-state index is 9.44. The smallest absolute Gasteiger partial charge is 0.0938 e. The molecule has 3 unspecified atom stereocenters. The fourth-order valence-corrected chi connectivity index (χ4v) is 2.45. The predicted molar refractivity (Wildman–Crippen MR) is 55.4 cm³/mol. The minimum atomic E-state index is -0.609. The van der Waals surface area contributed by atoms with Crippen LogP contribution in [0.1, 0.15) is 6.42 Å². The lowest BCUT2D eigenvalue weighted by Crippen LogP contribution is -2.42. The van der Waals surface area contributed by atoms with Crippen molar-refractivity contribution < 1.29 is 14.9 Å². The molecule has 4 N–H and O–H groups in total. The van der Waals surface area contributed by atoms with Gasteiger partial charge in [0.1, 0.15) is 0 Å². The summed E-state index contributed by atoms with van der Waals surface area (Å²) in [6.45, 7) is 3.99. The van der Waals surface area contributed by atoms with Crippen molar-refractivity contribution in [2.24, 2.45) is 11.1 Å². The first-order chi connectivity index (χ1) is 7.15. The van der Waals surface area contributed by atoms with Gasteiger partial charge in [-0.05, 0) is 6.42 Å². The van der Waals surface area contributed by atoms with Crippen LogP contribution in [-0.4, -0.2) is 66.7 Å². The maximum Gasteiger partial charge on any atom is 0.0938 e. The van der Waals surface area contributed by atoms with Crippen LogP contribution in [0, 0.1) is 5.41 Å². The molecule has 0 aromatic carbocycles. The zero-order valence-corrected chi connectivity index (χ0v) is 8.93. The van der Waals surface area contributed by atoms with Crippen molar-refractivity contribution >= 4 is 0 Å². The van der Waals surface area contributed by atoms with Crippen LogP contribution in [0.4, 0.5) is 0 Å². The Morgan fingerprint density at radius 3 is 2.47 bits per heavy atom. The minimum absolute atomic E-state index is 0.0315. The molecular weight excluding hydrogens is 196 g/mol. The number of nitrogens with zero attached hydrogens (tertiary/aromatic N) is 1. The number of β-amino-alcohol motifs (C(OH)–C–C–N with tert-alkyl or cyclic N) is 2. The molecular formula is C10H20N2O3. The molecule has 0 aliphatic carbocycles. The number of ether oxygens (including phenoxy) is 1. The quantitative estimate of drug-likeness (QED) is 0.529. The Morgan fingerprint density at radius 1 is 1.33 bits per heavy atom. The van der Waals surface area contributed by atoms with Crippen molar-refractivity contribution in [2.45, 2.75) is 18.6 Å². The van der Waals surface area contributed by atoms with Gasteiger partial charge in [-0.25, -0.2) is 0 Å². The van der Waals surface area contributed by atoms with E-state index in [1.54, 1.807) is 0 Å². The second-order valence-electron chi connectivity index (χ2n) is 4.84. The molecule has 0 aromatic rings. The molecule has 88 valence electrons. The average molecular weight is 216 g/mol. The highest BCUT2D eigenvalue weighted by molar-refractivity contribution is 4.92. The summed E-state index contributed by atoms with van der Waals surface area (Å²) >= 11 is 0. The lowest BCUT2D eigenvalue weighted by atomic mass is 9.87. The van der Waals surface area contributed by atoms with Crippen molar-refractivity contribution in [1.29, 1.82) is 0 Å². The Labute approximate surface area is 89.8 Å². The normalized spacial score (nSPS) is 42.6. The maximum atomic E-state index is 9.44. The van der Waals surface area contributed by atoms with Crippen LogP contribution >= 0.6 is 0 Å². The van der Waals surface area contributed by atoms with Gasteiger partial charge in [0.05, 0.1) is 18.8 Å². The largest absolute Gasteiger partial charge is 0.389 e. The molecule has 15 heavy (non-hydrogen) atoms. The molecule has 2 aliphatic heterocycles. The Balaban J connectivity index is 1.90. The third-order valence-electron chi connectivity index (χ3n) is 3.51. The van der Waals surface area contributed by atoms with Crippen LogP contribution in [0.5, 0.6) is 0 Å². The lowest BCUT2D eigenvalue weighted by molar-refractivity contribution is 0.0572. The monoisotopic (exact) mass is 216 g/mol. The van der Waals surface area contributed by atoms with E-state index in [9.17, 15) is 10.2 Å². The van der Waals surface area contributed by atoms with E-state index in [-0.39, 0.29) is 5.41 Å². The number of likely N-dealkylation sites (tertiary alicyclic amines) is 1. The molecule has 2 rings (SSSR count). The molecule has 2 heterocycles. The number of nitrogens with two attached hydrogens (primary N) is 1. The summed E-state index contributed by atoms with van der Waals surface area (Å²) in [7, 11) is 0. The summed E-state index contributed by atoms with van der Waals surface area (Å²) < 4.78 is 5.38. The van der Waals surface area contributed by atoms with E-state index in [0.717, 1.165) is 19.6 Å². The highest BCUT2D eigenvalue weighted by atomic mass is 16.5. The fourth-order valence-electron chi connectivity index (χ4n) is 2.45. The number of rotatable bonds is 3. The van der Waals surface area contributed by atoms with Gasteiger partial charge in [-0.15, -0.1) is 0 Å². The molecule has 0 aromatic heterocycles. The Morgan fingerprint density at radius 2 is 2.00 bits per heavy atom. The van der Waals surface area contributed by atoms with E-state index in [0.29, 0.717) is 26.2 Å².